The van der Waals surface area contributed by atoms with Crippen molar-refractivity contribution < 1.29 is 9.84 Å². The Morgan fingerprint density at radius 3 is 2.78 bits per heavy atom. The quantitative estimate of drug-likeness (QED) is 0.900. The van der Waals surface area contributed by atoms with Crippen LogP contribution in [0.4, 0.5) is 0 Å². The predicted octanol–water partition coefficient (Wildman–Crippen LogP) is 2.36. The molecule has 18 heavy (non-hydrogen) atoms. The van der Waals surface area contributed by atoms with Crippen LogP contribution in [0.2, 0.25) is 0 Å². The molecule has 0 saturated heterocycles. The zero-order valence-electron chi connectivity index (χ0n) is 10.9. The van der Waals surface area contributed by atoms with Gasteiger partial charge in [0.1, 0.15) is 12.4 Å². The topological polar surface area (TPSA) is 47.3 Å². The first kappa shape index (κ1) is 12.6. The van der Waals surface area contributed by atoms with Gasteiger partial charge in [-0.1, -0.05) is 6.07 Å². The summed E-state index contributed by atoms with van der Waals surface area (Å²) in [6.07, 6.45) is 3.09. The van der Waals surface area contributed by atoms with Crippen LogP contribution in [-0.2, 0) is 13.7 Å². The van der Waals surface area contributed by atoms with Crippen LogP contribution in [0.25, 0.3) is 0 Å². The van der Waals surface area contributed by atoms with Crippen molar-refractivity contribution in [2.45, 2.75) is 26.6 Å². The fourth-order valence-electron chi connectivity index (χ4n) is 1.77. The molecule has 96 valence electrons. The number of hydrogen-bond donors (Lipinski definition) is 1. The molecule has 4 heteroatoms. The van der Waals surface area contributed by atoms with E-state index in [-0.39, 0.29) is 0 Å². The Morgan fingerprint density at radius 2 is 2.22 bits per heavy atom. The third-order valence-electron chi connectivity index (χ3n) is 2.97. The van der Waals surface area contributed by atoms with E-state index in [9.17, 15) is 5.11 Å². The second kappa shape index (κ2) is 5.23. The van der Waals surface area contributed by atoms with Crippen molar-refractivity contribution in [2.24, 2.45) is 7.05 Å². The fraction of sp³-hybridized carbons (Fsp3) is 0.357. The Kier molecular flexibility index (Phi) is 3.67. The van der Waals surface area contributed by atoms with Gasteiger partial charge in [-0.25, -0.2) is 4.98 Å². The van der Waals surface area contributed by atoms with Gasteiger partial charge in [-0.15, -0.1) is 0 Å². The molecule has 1 N–H and O–H groups in total. The number of aromatic nitrogens is 2. The van der Waals surface area contributed by atoms with Crippen LogP contribution in [0.5, 0.6) is 5.75 Å². The number of imidazole rings is 1. The van der Waals surface area contributed by atoms with Gasteiger partial charge in [0.25, 0.3) is 0 Å². The summed E-state index contributed by atoms with van der Waals surface area (Å²) in [4.78, 5) is 4.04. The highest BCUT2D eigenvalue weighted by atomic mass is 16.5. The predicted molar refractivity (Wildman–Crippen MR) is 69.4 cm³/mol. The van der Waals surface area contributed by atoms with Crippen LogP contribution in [0, 0.1) is 6.92 Å². The second-order valence-corrected chi connectivity index (χ2v) is 4.49. The van der Waals surface area contributed by atoms with E-state index in [4.69, 9.17) is 4.74 Å². The SMILES string of the molecule is Cc1cc(C(C)O)ccc1OCc1cncn1C. The maximum Gasteiger partial charge on any atom is 0.130 e. The third-order valence-corrected chi connectivity index (χ3v) is 2.97. The molecule has 4 nitrogen and oxygen atoms in total. The average Bonchev–Trinajstić information content (AvgIpc) is 2.73. The summed E-state index contributed by atoms with van der Waals surface area (Å²) >= 11 is 0. The van der Waals surface area contributed by atoms with E-state index < -0.39 is 6.10 Å². The van der Waals surface area contributed by atoms with Crippen LogP contribution in [0.1, 0.15) is 29.8 Å². The van der Waals surface area contributed by atoms with E-state index in [1.807, 2.05) is 36.7 Å². The maximum atomic E-state index is 9.50. The first-order chi connectivity index (χ1) is 8.58. The lowest BCUT2D eigenvalue weighted by molar-refractivity contribution is 0.199. The van der Waals surface area contributed by atoms with E-state index in [1.165, 1.54) is 0 Å². The molecule has 1 unspecified atom stereocenters. The fourth-order valence-corrected chi connectivity index (χ4v) is 1.77. The van der Waals surface area contributed by atoms with Crippen LogP contribution in [0.15, 0.2) is 30.7 Å². The molecule has 0 spiro atoms. The molecule has 0 saturated carbocycles. The number of benzene rings is 1. The van der Waals surface area contributed by atoms with Gasteiger partial charge in [0, 0.05) is 7.05 Å². The Morgan fingerprint density at radius 1 is 1.44 bits per heavy atom. The number of aliphatic hydroxyl groups excluding tert-OH is 1. The lowest BCUT2D eigenvalue weighted by Gasteiger charge is -2.12. The van der Waals surface area contributed by atoms with E-state index in [1.54, 1.807) is 19.4 Å². The lowest BCUT2D eigenvalue weighted by Crippen LogP contribution is -2.02. The molecular weight excluding hydrogens is 228 g/mol. The van der Waals surface area contributed by atoms with E-state index in [0.717, 1.165) is 22.6 Å². The Bertz CT molecular complexity index is 532. The monoisotopic (exact) mass is 246 g/mol. The highest BCUT2D eigenvalue weighted by Crippen LogP contribution is 2.23. The van der Waals surface area contributed by atoms with Crippen molar-refractivity contribution in [1.29, 1.82) is 0 Å². The molecule has 0 bridgehead atoms. The van der Waals surface area contributed by atoms with Crippen molar-refractivity contribution in [3.63, 3.8) is 0 Å². The Balaban J connectivity index is 2.08. The van der Waals surface area contributed by atoms with Crippen LogP contribution >= 0.6 is 0 Å². The summed E-state index contributed by atoms with van der Waals surface area (Å²) in [5.41, 5.74) is 2.95. The largest absolute Gasteiger partial charge is 0.487 e. The zero-order chi connectivity index (χ0) is 13.1. The number of ether oxygens (including phenoxy) is 1. The highest BCUT2D eigenvalue weighted by Gasteiger charge is 2.06. The molecule has 1 heterocycles. The molecule has 0 radical (unpaired) electrons. The van der Waals surface area contributed by atoms with Crippen molar-refractivity contribution >= 4 is 0 Å². The smallest absolute Gasteiger partial charge is 0.130 e. The first-order valence-electron chi connectivity index (χ1n) is 5.94. The van der Waals surface area contributed by atoms with E-state index in [0.29, 0.717) is 6.61 Å². The maximum absolute atomic E-state index is 9.50. The van der Waals surface area contributed by atoms with Gasteiger partial charge in [-0.05, 0) is 37.1 Å². The van der Waals surface area contributed by atoms with Gasteiger partial charge in [0.05, 0.1) is 24.3 Å². The molecule has 1 atom stereocenters. The minimum atomic E-state index is -0.449. The highest BCUT2D eigenvalue weighted by molar-refractivity contribution is 5.37. The number of aliphatic hydroxyl groups is 1. The molecule has 2 aromatic rings. The second-order valence-electron chi connectivity index (χ2n) is 4.49. The molecule has 1 aromatic heterocycles. The lowest BCUT2D eigenvalue weighted by atomic mass is 10.1. The van der Waals surface area contributed by atoms with E-state index in [2.05, 4.69) is 4.98 Å². The molecule has 2 rings (SSSR count). The number of aryl methyl sites for hydroxylation is 2. The summed E-state index contributed by atoms with van der Waals surface area (Å²) in [6.45, 7) is 4.22. The van der Waals surface area contributed by atoms with Crippen LogP contribution in [0.3, 0.4) is 0 Å². The van der Waals surface area contributed by atoms with Gasteiger partial charge >= 0.3 is 0 Å². The minimum Gasteiger partial charge on any atom is -0.487 e. The molecule has 0 aliphatic rings. The zero-order valence-corrected chi connectivity index (χ0v) is 10.9. The molecule has 0 aliphatic carbocycles. The van der Waals surface area contributed by atoms with Gasteiger partial charge in [0.15, 0.2) is 0 Å². The Labute approximate surface area is 107 Å². The summed E-state index contributed by atoms with van der Waals surface area (Å²) in [5, 5.41) is 9.50. The molecule has 0 fully saturated rings. The Hall–Kier alpha value is -1.81. The number of rotatable bonds is 4. The standard InChI is InChI=1S/C14H18N2O2/c1-10-6-12(11(2)17)4-5-14(10)18-8-13-7-15-9-16(13)3/h4-7,9,11,17H,8H2,1-3H3. The summed E-state index contributed by atoms with van der Waals surface area (Å²) in [5.74, 6) is 0.834. The third kappa shape index (κ3) is 2.71. The van der Waals surface area contributed by atoms with Crippen molar-refractivity contribution in [3.8, 4) is 5.75 Å². The van der Waals surface area contributed by atoms with Crippen LogP contribution in [-0.4, -0.2) is 14.7 Å². The van der Waals surface area contributed by atoms with Crippen LogP contribution < -0.4 is 4.74 Å². The molecule has 0 amide bonds. The van der Waals surface area contributed by atoms with Gasteiger partial charge < -0.3 is 14.4 Å². The first-order valence-corrected chi connectivity index (χ1v) is 5.94. The summed E-state index contributed by atoms with van der Waals surface area (Å²) in [6, 6.07) is 5.73. The molecule has 0 aliphatic heterocycles. The summed E-state index contributed by atoms with van der Waals surface area (Å²) in [7, 11) is 1.94. The van der Waals surface area contributed by atoms with Crippen molar-refractivity contribution in [1.82, 2.24) is 9.55 Å². The number of hydrogen-bond acceptors (Lipinski definition) is 3. The number of nitrogens with zero attached hydrogens (tertiary/aromatic N) is 2. The van der Waals surface area contributed by atoms with Gasteiger partial charge in [0.2, 0.25) is 0 Å². The average molecular weight is 246 g/mol. The molecule has 1 aromatic carbocycles. The summed E-state index contributed by atoms with van der Waals surface area (Å²) < 4.78 is 7.68. The normalized spacial score (nSPS) is 12.4. The van der Waals surface area contributed by atoms with Crippen molar-refractivity contribution in [3.05, 3.63) is 47.5 Å². The van der Waals surface area contributed by atoms with Gasteiger partial charge in [-0.2, -0.15) is 0 Å². The van der Waals surface area contributed by atoms with E-state index >= 15 is 0 Å². The minimum absolute atomic E-state index is 0.449. The molecular formula is C14H18N2O2. The van der Waals surface area contributed by atoms with Gasteiger partial charge in [-0.3, -0.25) is 0 Å². The van der Waals surface area contributed by atoms with Crippen molar-refractivity contribution in [2.75, 3.05) is 0 Å².